The Bertz CT molecular complexity index is 722. The summed E-state index contributed by atoms with van der Waals surface area (Å²) in [7, 11) is 0. The van der Waals surface area contributed by atoms with Gasteiger partial charge in [0.15, 0.2) is 0 Å². The maximum Gasteiger partial charge on any atom is 0.410 e. The van der Waals surface area contributed by atoms with Gasteiger partial charge in [-0.3, -0.25) is 0 Å². The molecule has 1 unspecified atom stereocenters. The lowest BCUT2D eigenvalue weighted by molar-refractivity contribution is 0.0293. The van der Waals surface area contributed by atoms with Gasteiger partial charge in [0.1, 0.15) is 5.60 Å². The van der Waals surface area contributed by atoms with Crippen molar-refractivity contribution >= 4 is 11.8 Å². The zero-order valence-corrected chi connectivity index (χ0v) is 15.2. The van der Waals surface area contributed by atoms with Crippen LogP contribution in [0.5, 0.6) is 0 Å². The molecule has 25 heavy (non-hydrogen) atoms. The van der Waals surface area contributed by atoms with Gasteiger partial charge in [0.05, 0.1) is 0 Å². The fraction of sp³-hybridized carbons (Fsp3) is 0.381. The molecule has 0 radical (unpaired) electrons. The Kier molecular flexibility index (Phi) is 4.98. The lowest BCUT2D eigenvalue weighted by Gasteiger charge is -2.24. The Morgan fingerprint density at radius 3 is 2.48 bits per heavy atom. The standard InChI is InChI=1S/C21H26N2O2/c1-21(2,3)25-20(24)23-14-13-17(15-23)22-19-12-8-7-11-18(19)16-9-5-4-6-10-16/h4-12,17,22H,13-15H2,1-3H3. The summed E-state index contributed by atoms with van der Waals surface area (Å²) in [6.45, 7) is 7.07. The van der Waals surface area contributed by atoms with Crippen LogP contribution in [0.15, 0.2) is 54.6 Å². The second kappa shape index (κ2) is 7.18. The van der Waals surface area contributed by atoms with Crippen LogP contribution in [0.1, 0.15) is 27.2 Å². The van der Waals surface area contributed by atoms with Crippen molar-refractivity contribution in [2.75, 3.05) is 18.4 Å². The van der Waals surface area contributed by atoms with E-state index >= 15 is 0 Å². The SMILES string of the molecule is CC(C)(C)OC(=O)N1CCC(Nc2ccccc2-c2ccccc2)C1. The molecule has 0 aliphatic carbocycles. The molecule has 1 aliphatic rings. The van der Waals surface area contributed by atoms with Crippen molar-refractivity contribution in [2.24, 2.45) is 0 Å². The van der Waals surface area contributed by atoms with E-state index in [9.17, 15) is 4.79 Å². The number of amides is 1. The Morgan fingerprint density at radius 1 is 1.08 bits per heavy atom. The number of nitrogens with one attached hydrogen (secondary N) is 1. The fourth-order valence-electron chi connectivity index (χ4n) is 3.07. The fourth-order valence-corrected chi connectivity index (χ4v) is 3.07. The van der Waals surface area contributed by atoms with Gasteiger partial charge in [-0.2, -0.15) is 0 Å². The van der Waals surface area contributed by atoms with E-state index in [0.717, 1.165) is 18.7 Å². The molecule has 2 aromatic carbocycles. The molecule has 1 fully saturated rings. The van der Waals surface area contributed by atoms with E-state index < -0.39 is 5.60 Å². The first kappa shape index (κ1) is 17.3. The highest BCUT2D eigenvalue weighted by molar-refractivity contribution is 5.78. The van der Waals surface area contributed by atoms with Gasteiger partial charge in [-0.1, -0.05) is 48.5 Å². The molecule has 4 nitrogen and oxygen atoms in total. The van der Waals surface area contributed by atoms with Gasteiger partial charge in [0.25, 0.3) is 0 Å². The van der Waals surface area contributed by atoms with Crippen LogP contribution < -0.4 is 5.32 Å². The smallest absolute Gasteiger partial charge is 0.410 e. The summed E-state index contributed by atoms with van der Waals surface area (Å²) in [6.07, 6.45) is 0.690. The number of hydrogen-bond acceptors (Lipinski definition) is 3. The van der Waals surface area contributed by atoms with Crippen molar-refractivity contribution in [3.63, 3.8) is 0 Å². The number of likely N-dealkylation sites (tertiary alicyclic amines) is 1. The van der Waals surface area contributed by atoms with E-state index in [-0.39, 0.29) is 12.1 Å². The van der Waals surface area contributed by atoms with Crippen molar-refractivity contribution < 1.29 is 9.53 Å². The van der Waals surface area contributed by atoms with Crippen LogP contribution in [-0.4, -0.2) is 35.7 Å². The van der Waals surface area contributed by atoms with E-state index in [1.807, 2.05) is 45.0 Å². The van der Waals surface area contributed by atoms with E-state index in [2.05, 4.69) is 35.6 Å². The highest BCUT2D eigenvalue weighted by atomic mass is 16.6. The van der Waals surface area contributed by atoms with Gasteiger partial charge < -0.3 is 15.0 Å². The normalized spacial score (nSPS) is 17.4. The molecule has 0 bridgehead atoms. The molecule has 4 heteroatoms. The Morgan fingerprint density at radius 2 is 1.76 bits per heavy atom. The molecule has 1 aliphatic heterocycles. The highest BCUT2D eigenvalue weighted by Crippen LogP contribution is 2.29. The number of nitrogens with zero attached hydrogens (tertiary/aromatic N) is 1. The van der Waals surface area contributed by atoms with E-state index in [1.165, 1.54) is 11.1 Å². The first-order valence-corrected chi connectivity index (χ1v) is 8.81. The van der Waals surface area contributed by atoms with Crippen molar-refractivity contribution in [3.8, 4) is 11.1 Å². The molecule has 0 aromatic heterocycles. The molecule has 1 N–H and O–H groups in total. The van der Waals surface area contributed by atoms with Crippen LogP contribution in [0.2, 0.25) is 0 Å². The number of carbonyl (C=O) groups is 1. The van der Waals surface area contributed by atoms with Crippen LogP contribution in [0.3, 0.4) is 0 Å². The summed E-state index contributed by atoms with van der Waals surface area (Å²) in [6, 6.07) is 18.9. The molecular formula is C21H26N2O2. The molecule has 1 amide bonds. The predicted octanol–water partition coefficient (Wildman–Crippen LogP) is 4.77. The van der Waals surface area contributed by atoms with Crippen molar-refractivity contribution in [2.45, 2.75) is 38.8 Å². The van der Waals surface area contributed by atoms with Crippen LogP contribution in [0.25, 0.3) is 11.1 Å². The maximum atomic E-state index is 12.2. The predicted molar refractivity (Wildman–Crippen MR) is 102 cm³/mol. The quantitative estimate of drug-likeness (QED) is 0.876. The number of rotatable bonds is 3. The molecule has 1 atom stereocenters. The van der Waals surface area contributed by atoms with Gasteiger partial charge in [0.2, 0.25) is 0 Å². The van der Waals surface area contributed by atoms with Gasteiger partial charge in [-0.05, 0) is 38.8 Å². The topological polar surface area (TPSA) is 41.6 Å². The monoisotopic (exact) mass is 338 g/mol. The number of hydrogen-bond donors (Lipinski definition) is 1. The lowest BCUT2D eigenvalue weighted by atomic mass is 10.0. The number of carbonyl (C=O) groups excluding carboxylic acids is 1. The average Bonchev–Trinajstić information content (AvgIpc) is 3.03. The van der Waals surface area contributed by atoms with Gasteiger partial charge in [-0.15, -0.1) is 0 Å². The van der Waals surface area contributed by atoms with E-state index in [4.69, 9.17) is 4.74 Å². The van der Waals surface area contributed by atoms with Crippen molar-refractivity contribution in [3.05, 3.63) is 54.6 Å². The van der Waals surface area contributed by atoms with Crippen LogP contribution >= 0.6 is 0 Å². The largest absolute Gasteiger partial charge is 0.444 e. The van der Waals surface area contributed by atoms with Gasteiger partial charge >= 0.3 is 6.09 Å². The highest BCUT2D eigenvalue weighted by Gasteiger charge is 2.29. The minimum absolute atomic E-state index is 0.229. The van der Waals surface area contributed by atoms with Crippen LogP contribution in [-0.2, 0) is 4.74 Å². The Hall–Kier alpha value is -2.49. The van der Waals surface area contributed by atoms with Crippen molar-refractivity contribution in [1.29, 1.82) is 0 Å². The molecule has 1 heterocycles. The zero-order valence-electron chi connectivity index (χ0n) is 15.2. The summed E-state index contributed by atoms with van der Waals surface area (Å²) in [5.41, 5.74) is 3.01. The second-order valence-corrected chi connectivity index (χ2v) is 7.47. The van der Waals surface area contributed by atoms with E-state index in [0.29, 0.717) is 6.54 Å². The first-order valence-electron chi connectivity index (χ1n) is 8.81. The number of ether oxygens (including phenoxy) is 1. The molecule has 2 aromatic rings. The average molecular weight is 338 g/mol. The molecule has 0 saturated carbocycles. The lowest BCUT2D eigenvalue weighted by Crippen LogP contribution is -2.36. The Labute approximate surface area is 149 Å². The summed E-state index contributed by atoms with van der Waals surface area (Å²) in [5, 5.41) is 3.61. The summed E-state index contributed by atoms with van der Waals surface area (Å²) in [4.78, 5) is 14.0. The van der Waals surface area contributed by atoms with Crippen molar-refractivity contribution in [1.82, 2.24) is 4.90 Å². The third-order valence-electron chi connectivity index (χ3n) is 4.21. The number of benzene rings is 2. The third-order valence-corrected chi connectivity index (χ3v) is 4.21. The summed E-state index contributed by atoms with van der Waals surface area (Å²) >= 11 is 0. The van der Waals surface area contributed by atoms with Gasteiger partial charge in [0, 0.05) is 30.4 Å². The van der Waals surface area contributed by atoms with Gasteiger partial charge in [-0.25, -0.2) is 4.79 Å². The molecule has 1 saturated heterocycles. The molecule has 0 spiro atoms. The van der Waals surface area contributed by atoms with E-state index in [1.54, 1.807) is 4.90 Å². The molecule has 3 rings (SSSR count). The minimum Gasteiger partial charge on any atom is -0.444 e. The molecule has 132 valence electrons. The minimum atomic E-state index is -0.456. The Balaban J connectivity index is 1.68. The maximum absolute atomic E-state index is 12.2. The van der Waals surface area contributed by atoms with Crippen LogP contribution in [0.4, 0.5) is 10.5 Å². The van der Waals surface area contributed by atoms with Crippen LogP contribution in [0, 0.1) is 0 Å². The zero-order chi connectivity index (χ0) is 17.9. The molecular weight excluding hydrogens is 312 g/mol. The first-order chi connectivity index (χ1) is 11.9. The summed E-state index contributed by atoms with van der Waals surface area (Å²) < 4.78 is 5.47. The number of anilines is 1. The summed E-state index contributed by atoms with van der Waals surface area (Å²) in [5.74, 6) is 0. The second-order valence-electron chi connectivity index (χ2n) is 7.47. The number of para-hydroxylation sites is 1. The third kappa shape index (κ3) is 4.53.